The summed E-state index contributed by atoms with van der Waals surface area (Å²) in [6.07, 6.45) is -0.570. The first-order chi connectivity index (χ1) is 10.5. The number of rotatable bonds is 7. The van der Waals surface area contributed by atoms with Gasteiger partial charge in [-0.1, -0.05) is 17.7 Å². The number of hydrogen-bond donors (Lipinski definition) is 2. The molecule has 122 valence electrons. The molecule has 0 aliphatic heterocycles. The number of hydrogen-bond acceptors (Lipinski definition) is 4. The molecule has 0 fully saturated rings. The Morgan fingerprint density at radius 1 is 1.18 bits per heavy atom. The summed E-state index contributed by atoms with van der Waals surface area (Å²) < 4.78 is 10.6. The van der Waals surface area contributed by atoms with Crippen molar-refractivity contribution in [1.82, 2.24) is 5.32 Å². The molecule has 0 bridgehead atoms. The number of benzene rings is 1. The summed E-state index contributed by atoms with van der Waals surface area (Å²) in [4.78, 5) is 23.6. The van der Waals surface area contributed by atoms with E-state index in [1.807, 2.05) is 13.8 Å². The van der Waals surface area contributed by atoms with Crippen LogP contribution in [0.25, 0.3) is 0 Å². The fraction of sp³-hybridized carbons (Fsp3) is 0.467. The predicted octanol–water partition coefficient (Wildman–Crippen LogP) is 2.10. The highest BCUT2D eigenvalue weighted by atomic mass is 35.5. The first-order valence-electron chi connectivity index (χ1n) is 7.07. The minimum absolute atomic E-state index is 0.0997. The van der Waals surface area contributed by atoms with Gasteiger partial charge in [0.2, 0.25) is 0 Å². The van der Waals surface area contributed by atoms with Crippen LogP contribution in [0.1, 0.15) is 19.4 Å². The molecule has 2 amide bonds. The molecule has 0 aliphatic rings. The highest BCUT2D eigenvalue weighted by Crippen LogP contribution is 2.22. The highest BCUT2D eigenvalue weighted by molar-refractivity contribution is 6.40. The minimum atomic E-state index is -0.767. The first kappa shape index (κ1) is 18.4. The maximum atomic E-state index is 11.9. The second kappa shape index (κ2) is 9.40. The van der Waals surface area contributed by atoms with Crippen molar-refractivity contribution in [3.05, 3.63) is 28.8 Å². The summed E-state index contributed by atoms with van der Waals surface area (Å²) in [5.41, 5.74) is 1.20. The largest absolute Gasteiger partial charge is 0.351 e. The maximum Gasteiger partial charge on any atom is 0.313 e. The fourth-order valence-corrected chi connectivity index (χ4v) is 1.89. The standard InChI is InChI=1S/C15H21ClN2O4/c1-4-21-13(22-5-2)9-17-14(19)15(20)18-12-8-6-7-11(16)10(12)3/h6-8,13H,4-5,9H2,1-3H3,(H,17,19)(H,18,20). The fourth-order valence-electron chi connectivity index (χ4n) is 1.72. The number of carbonyl (C=O) groups is 2. The van der Waals surface area contributed by atoms with Gasteiger partial charge < -0.3 is 20.1 Å². The van der Waals surface area contributed by atoms with Crippen LogP contribution in [0.5, 0.6) is 0 Å². The summed E-state index contributed by atoms with van der Waals surface area (Å²) in [7, 11) is 0. The summed E-state index contributed by atoms with van der Waals surface area (Å²) in [6.45, 7) is 6.41. The molecule has 0 spiro atoms. The van der Waals surface area contributed by atoms with Crippen molar-refractivity contribution in [2.75, 3.05) is 25.1 Å². The van der Waals surface area contributed by atoms with E-state index in [1.54, 1.807) is 25.1 Å². The molecule has 0 heterocycles. The Hall–Kier alpha value is -1.63. The van der Waals surface area contributed by atoms with Crippen LogP contribution in [0, 0.1) is 6.92 Å². The normalized spacial score (nSPS) is 10.6. The predicted molar refractivity (Wildman–Crippen MR) is 84.9 cm³/mol. The number of carbonyl (C=O) groups excluding carboxylic acids is 2. The quantitative estimate of drug-likeness (QED) is 0.593. The molecule has 1 aromatic rings. The van der Waals surface area contributed by atoms with E-state index in [0.717, 1.165) is 0 Å². The Labute approximate surface area is 135 Å². The van der Waals surface area contributed by atoms with Crippen LogP contribution in [0.2, 0.25) is 5.02 Å². The van der Waals surface area contributed by atoms with Crippen molar-refractivity contribution in [1.29, 1.82) is 0 Å². The molecule has 0 aliphatic carbocycles. The van der Waals surface area contributed by atoms with E-state index in [0.29, 0.717) is 29.5 Å². The van der Waals surface area contributed by atoms with Crippen LogP contribution < -0.4 is 10.6 Å². The van der Waals surface area contributed by atoms with Crippen molar-refractivity contribution >= 4 is 29.1 Å². The maximum absolute atomic E-state index is 11.9. The van der Waals surface area contributed by atoms with Gasteiger partial charge in [-0.3, -0.25) is 9.59 Å². The summed E-state index contributed by atoms with van der Waals surface area (Å²) in [5, 5.41) is 5.51. The van der Waals surface area contributed by atoms with E-state index in [1.165, 1.54) is 0 Å². The Bertz CT molecular complexity index is 516. The molecule has 1 aromatic carbocycles. The Balaban J connectivity index is 2.54. The van der Waals surface area contributed by atoms with Crippen molar-refractivity contribution in [2.45, 2.75) is 27.1 Å². The molecular weight excluding hydrogens is 308 g/mol. The van der Waals surface area contributed by atoms with Crippen LogP contribution in [0.4, 0.5) is 5.69 Å². The van der Waals surface area contributed by atoms with Crippen molar-refractivity contribution in [3.8, 4) is 0 Å². The van der Waals surface area contributed by atoms with Crippen LogP contribution >= 0.6 is 11.6 Å². The van der Waals surface area contributed by atoms with Crippen LogP contribution in [0.3, 0.4) is 0 Å². The molecule has 2 N–H and O–H groups in total. The topological polar surface area (TPSA) is 76.7 Å². The van der Waals surface area contributed by atoms with E-state index in [9.17, 15) is 9.59 Å². The lowest BCUT2D eigenvalue weighted by molar-refractivity contribution is -0.145. The third-order valence-electron chi connectivity index (χ3n) is 2.86. The zero-order chi connectivity index (χ0) is 16.5. The van der Waals surface area contributed by atoms with Crippen molar-refractivity contribution in [2.24, 2.45) is 0 Å². The van der Waals surface area contributed by atoms with Crippen LogP contribution in [0.15, 0.2) is 18.2 Å². The Morgan fingerprint density at radius 3 is 2.41 bits per heavy atom. The van der Waals surface area contributed by atoms with Gasteiger partial charge in [-0.2, -0.15) is 0 Å². The SMILES string of the molecule is CCOC(CNC(=O)C(=O)Nc1cccc(Cl)c1C)OCC. The van der Waals surface area contributed by atoms with Gasteiger partial charge in [-0.05, 0) is 38.5 Å². The second-order valence-electron chi connectivity index (χ2n) is 4.42. The summed E-state index contributed by atoms with van der Waals surface area (Å²) in [6, 6.07) is 5.08. The second-order valence-corrected chi connectivity index (χ2v) is 4.82. The number of ether oxygens (including phenoxy) is 2. The lowest BCUT2D eigenvalue weighted by Crippen LogP contribution is -2.41. The zero-order valence-electron chi connectivity index (χ0n) is 12.9. The first-order valence-corrected chi connectivity index (χ1v) is 7.44. The molecular formula is C15H21ClN2O4. The summed E-state index contributed by atoms with van der Waals surface area (Å²) >= 11 is 5.96. The highest BCUT2D eigenvalue weighted by Gasteiger charge is 2.17. The van der Waals surface area contributed by atoms with Gasteiger partial charge in [0.15, 0.2) is 6.29 Å². The monoisotopic (exact) mass is 328 g/mol. The molecule has 1 rings (SSSR count). The number of nitrogens with one attached hydrogen (secondary N) is 2. The zero-order valence-corrected chi connectivity index (χ0v) is 13.7. The van der Waals surface area contributed by atoms with E-state index in [4.69, 9.17) is 21.1 Å². The number of anilines is 1. The van der Waals surface area contributed by atoms with E-state index < -0.39 is 18.1 Å². The molecule has 0 atom stereocenters. The smallest absolute Gasteiger partial charge is 0.313 e. The molecule has 0 aromatic heterocycles. The molecule has 0 saturated carbocycles. The van der Waals surface area contributed by atoms with Crippen molar-refractivity contribution < 1.29 is 19.1 Å². The Kier molecular flexibility index (Phi) is 7.87. The van der Waals surface area contributed by atoms with Crippen LogP contribution in [-0.2, 0) is 19.1 Å². The lowest BCUT2D eigenvalue weighted by atomic mass is 10.2. The van der Waals surface area contributed by atoms with Gasteiger partial charge in [0, 0.05) is 23.9 Å². The van der Waals surface area contributed by atoms with Gasteiger partial charge in [-0.15, -0.1) is 0 Å². The average Bonchev–Trinajstić information content (AvgIpc) is 2.49. The lowest BCUT2D eigenvalue weighted by Gasteiger charge is -2.17. The molecule has 0 unspecified atom stereocenters. The molecule has 7 heteroatoms. The molecule has 22 heavy (non-hydrogen) atoms. The van der Waals surface area contributed by atoms with Crippen LogP contribution in [-0.4, -0.2) is 37.9 Å². The van der Waals surface area contributed by atoms with E-state index in [2.05, 4.69) is 10.6 Å². The Morgan fingerprint density at radius 2 is 1.82 bits per heavy atom. The third kappa shape index (κ3) is 5.63. The van der Waals surface area contributed by atoms with Gasteiger partial charge in [0.25, 0.3) is 0 Å². The van der Waals surface area contributed by atoms with E-state index in [-0.39, 0.29) is 6.54 Å². The van der Waals surface area contributed by atoms with Gasteiger partial charge in [0.1, 0.15) is 0 Å². The number of halogens is 1. The van der Waals surface area contributed by atoms with Crippen molar-refractivity contribution in [3.63, 3.8) is 0 Å². The number of amides is 2. The molecule has 0 radical (unpaired) electrons. The summed E-state index contributed by atoms with van der Waals surface area (Å²) in [5.74, 6) is -1.53. The van der Waals surface area contributed by atoms with Gasteiger partial charge in [0.05, 0.1) is 6.54 Å². The van der Waals surface area contributed by atoms with Gasteiger partial charge in [-0.25, -0.2) is 0 Å². The van der Waals surface area contributed by atoms with E-state index >= 15 is 0 Å². The average molecular weight is 329 g/mol. The molecule has 6 nitrogen and oxygen atoms in total. The minimum Gasteiger partial charge on any atom is -0.351 e. The van der Waals surface area contributed by atoms with Gasteiger partial charge >= 0.3 is 11.8 Å². The molecule has 0 saturated heterocycles. The third-order valence-corrected chi connectivity index (χ3v) is 3.27.